The van der Waals surface area contributed by atoms with E-state index in [0.29, 0.717) is 12.5 Å². The van der Waals surface area contributed by atoms with Crippen LogP contribution in [0, 0.1) is 5.92 Å². The molecule has 1 rings (SSSR count). The maximum Gasteiger partial charge on any atom is 0.236 e. The number of carbonyl (C=O) groups is 1. The maximum absolute atomic E-state index is 11.2. The van der Waals surface area contributed by atoms with Gasteiger partial charge in [-0.1, -0.05) is 19.3 Å². The van der Waals surface area contributed by atoms with Crippen LogP contribution in [0.2, 0.25) is 0 Å². The van der Waals surface area contributed by atoms with Gasteiger partial charge in [0.15, 0.2) is 0 Å². The minimum atomic E-state index is -0.497. The number of halogens is 1. The fraction of sp³-hybridized carbons (Fsp3) is 0.909. The number of nitrogens with two attached hydrogens (primary N) is 1. The second-order valence-electron chi connectivity index (χ2n) is 4.50. The Balaban J connectivity index is 0.00000225. The van der Waals surface area contributed by atoms with Crippen molar-refractivity contribution < 1.29 is 9.90 Å². The van der Waals surface area contributed by atoms with Gasteiger partial charge in [-0.05, 0) is 25.7 Å². The molecule has 0 spiro atoms. The molecule has 1 amide bonds. The summed E-state index contributed by atoms with van der Waals surface area (Å²) in [5.74, 6) is 0.164. The van der Waals surface area contributed by atoms with Crippen LogP contribution < -0.4 is 11.1 Å². The van der Waals surface area contributed by atoms with E-state index in [4.69, 9.17) is 5.73 Å². The standard InChI is InChI=1S/C11H22N2O2.ClH/c1-8(12)11(15)13-7-10(14)9-5-3-2-4-6-9;/h8-10,14H,2-7,12H2,1H3,(H,13,15);1H/t8-,10?;/m1./s1. The molecule has 0 saturated heterocycles. The van der Waals surface area contributed by atoms with Gasteiger partial charge in [0.2, 0.25) is 5.91 Å². The molecule has 0 aromatic carbocycles. The third kappa shape index (κ3) is 5.14. The van der Waals surface area contributed by atoms with Crippen LogP contribution in [0.5, 0.6) is 0 Å². The van der Waals surface area contributed by atoms with E-state index in [1.807, 2.05) is 0 Å². The van der Waals surface area contributed by atoms with Gasteiger partial charge in [-0.2, -0.15) is 0 Å². The van der Waals surface area contributed by atoms with E-state index >= 15 is 0 Å². The Labute approximate surface area is 103 Å². The van der Waals surface area contributed by atoms with E-state index in [-0.39, 0.29) is 18.3 Å². The monoisotopic (exact) mass is 250 g/mol. The molecule has 0 aromatic rings. The van der Waals surface area contributed by atoms with E-state index in [9.17, 15) is 9.90 Å². The number of hydrogen-bond acceptors (Lipinski definition) is 3. The Morgan fingerprint density at radius 2 is 2.00 bits per heavy atom. The van der Waals surface area contributed by atoms with Gasteiger partial charge in [-0.3, -0.25) is 4.79 Å². The molecule has 0 aromatic heterocycles. The predicted molar refractivity (Wildman–Crippen MR) is 66.5 cm³/mol. The molecule has 16 heavy (non-hydrogen) atoms. The molecule has 1 saturated carbocycles. The van der Waals surface area contributed by atoms with Crippen LogP contribution in [-0.2, 0) is 4.79 Å². The molecule has 0 heterocycles. The van der Waals surface area contributed by atoms with E-state index in [2.05, 4.69) is 5.32 Å². The van der Waals surface area contributed by atoms with Crippen molar-refractivity contribution in [2.24, 2.45) is 11.7 Å². The third-order valence-corrected chi connectivity index (χ3v) is 3.09. The summed E-state index contributed by atoms with van der Waals surface area (Å²) in [6, 6.07) is -0.497. The first-order chi connectivity index (χ1) is 7.11. The second kappa shape index (κ2) is 7.87. The third-order valence-electron chi connectivity index (χ3n) is 3.09. The zero-order valence-corrected chi connectivity index (χ0v) is 10.6. The van der Waals surface area contributed by atoms with Gasteiger partial charge in [0.1, 0.15) is 0 Å². The average molecular weight is 251 g/mol. The first kappa shape index (κ1) is 15.7. The summed E-state index contributed by atoms with van der Waals surface area (Å²) in [6.07, 6.45) is 5.42. The van der Waals surface area contributed by atoms with Crippen molar-refractivity contribution in [2.75, 3.05) is 6.54 Å². The molecule has 0 aliphatic heterocycles. The highest BCUT2D eigenvalue weighted by molar-refractivity contribution is 5.85. The van der Waals surface area contributed by atoms with Crippen molar-refractivity contribution in [3.05, 3.63) is 0 Å². The van der Waals surface area contributed by atoms with E-state index in [1.165, 1.54) is 19.3 Å². The van der Waals surface area contributed by atoms with Crippen LogP contribution in [-0.4, -0.2) is 29.7 Å². The Kier molecular flexibility index (Phi) is 7.72. The first-order valence-electron chi connectivity index (χ1n) is 5.82. The van der Waals surface area contributed by atoms with Crippen LogP contribution in [0.1, 0.15) is 39.0 Å². The number of aliphatic hydroxyl groups excluding tert-OH is 1. The number of carbonyl (C=O) groups excluding carboxylic acids is 1. The molecule has 0 bridgehead atoms. The van der Waals surface area contributed by atoms with Crippen LogP contribution in [0.3, 0.4) is 0 Å². The smallest absolute Gasteiger partial charge is 0.236 e. The fourth-order valence-corrected chi connectivity index (χ4v) is 2.05. The maximum atomic E-state index is 11.2. The molecule has 2 atom stereocenters. The molecular formula is C11H23ClN2O2. The predicted octanol–water partition coefficient (Wildman–Crippen LogP) is 0.813. The normalized spacial score (nSPS) is 20.7. The van der Waals surface area contributed by atoms with Gasteiger partial charge >= 0.3 is 0 Å². The van der Waals surface area contributed by atoms with E-state index in [0.717, 1.165) is 12.8 Å². The Bertz CT molecular complexity index is 206. The van der Waals surface area contributed by atoms with Gasteiger partial charge in [0.05, 0.1) is 12.1 Å². The van der Waals surface area contributed by atoms with Crippen LogP contribution >= 0.6 is 12.4 Å². The van der Waals surface area contributed by atoms with Crippen molar-refractivity contribution in [2.45, 2.75) is 51.2 Å². The van der Waals surface area contributed by atoms with Gasteiger partial charge in [0, 0.05) is 6.54 Å². The SMILES string of the molecule is C[C@@H](N)C(=O)NCC(O)C1CCCCC1.Cl. The van der Waals surface area contributed by atoms with Crippen molar-refractivity contribution in [3.8, 4) is 0 Å². The molecule has 1 aliphatic carbocycles. The number of aliphatic hydroxyl groups is 1. The fourth-order valence-electron chi connectivity index (χ4n) is 2.05. The summed E-state index contributed by atoms with van der Waals surface area (Å²) in [5, 5.41) is 12.5. The Morgan fingerprint density at radius 3 is 2.50 bits per heavy atom. The molecule has 5 heteroatoms. The highest BCUT2D eigenvalue weighted by Crippen LogP contribution is 2.26. The zero-order valence-electron chi connectivity index (χ0n) is 9.82. The molecule has 1 fully saturated rings. The summed E-state index contributed by atoms with van der Waals surface area (Å²) >= 11 is 0. The molecule has 4 N–H and O–H groups in total. The topological polar surface area (TPSA) is 75.4 Å². The summed E-state index contributed by atoms with van der Waals surface area (Å²) in [5.41, 5.74) is 5.41. The van der Waals surface area contributed by atoms with Crippen molar-refractivity contribution in [1.82, 2.24) is 5.32 Å². The summed E-state index contributed by atoms with van der Waals surface area (Å²) < 4.78 is 0. The summed E-state index contributed by atoms with van der Waals surface area (Å²) in [6.45, 7) is 1.98. The number of nitrogens with one attached hydrogen (secondary N) is 1. The van der Waals surface area contributed by atoms with Gasteiger partial charge in [-0.15, -0.1) is 12.4 Å². The molecule has 4 nitrogen and oxygen atoms in total. The van der Waals surface area contributed by atoms with Gasteiger partial charge < -0.3 is 16.2 Å². The molecule has 1 aliphatic rings. The molecule has 0 radical (unpaired) electrons. The average Bonchev–Trinajstić information content (AvgIpc) is 2.26. The largest absolute Gasteiger partial charge is 0.391 e. The lowest BCUT2D eigenvalue weighted by Gasteiger charge is -2.26. The van der Waals surface area contributed by atoms with Crippen molar-refractivity contribution >= 4 is 18.3 Å². The molecular weight excluding hydrogens is 228 g/mol. The van der Waals surface area contributed by atoms with Gasteiger partial charge in [0.25, 0.3) is 0 Å². The van der Waals surface area contributed by atoms with Crippen LogP contribution in [0.25, 0.3) is 0 Å². The number of rotatable bonds is 4. The minimum absolute atomic E-state index is 0. The minimum Gasteiger partial charge on any atom is -0.391 e. The van der Waals surface area contributed by atoms with Crippen LogP contribution in [0.4, 0.5) is 0 Å². The lowest BCUT2D eigenvalue weighted by atomic mass is 9.85. The van der Waals surface area contributed by atoms with E-state index < -0.39 is 12.1 Å². The van der Waals surface area contributed by atoms with E-state index in [1.54, 1.807) is 6.92 Å². The highest BCUT2D eigenvalue weighted by Gasteiger charge is 2.22. The van der Waals surface area contributed by atoms with Crippen LogP contribution in [0.15, 0.2) is 0 Å². The zero-order chi connectivity index (χ0) is 11.3. The quantitative estimate of drug-likeness (QED) is 0.691. The second-order valence-corrected chi connectivity index (χ2v) is 4.50. The first-order valence-corrected chi connectivity index (χ1v) is 5.82. The summed E-state index contributed by atoms with van der Waals surface area (Å²) in [7, 11) is 0. The van der Waals surface area contributed by atoms with Crippen molar-refractivity contribution in [1.29, 1.82) is 0 Å². The number of hydrogen-bond donors (Lipinski definition) is 3. The number of amides is 1. The lowest BCUT2D eigenvalue weighted by molar-refractivity contribution is -0.122. The Hall–Kier alpha value is -0.320. The molecule has 96 valence electrons. The van der Waals surface area contributed by atoms with Gasteiger partial charge in [-0.25, -0.2) is 0 Å². The van der Waals surface area contributed by atoms with Crippen molar-refractivity contribution in [3.63, 3.8) is 0 Å². The Morgan fingerprint density at radius 1 is 1.44 bits per heavy atom. The summed E-state index contributed by atoms with van der Waals surface area (Å²) in [4.78, 5) is 11.2. The highest BCUT2D eigenvalue weighted by atomic mass is 35.5. The lowest BCUT2D eigenvalue weighted by Crippen LogP contribution is -2.43. The molecule has 1 unspecified atom stereocenters.